The van der Waals surface area contributed by atoms with Gasteiger partial charge in [0.2, 0.25) is 0 Å². The summed E-state index contributed by atoms with van der Waals surface area (Å²) in [4.78, 5) is 0.519. The normalized spacial score (nSPS) is 21.3. The van der Waals surface area contributed by atoms with Crippen molar-refractivity contribution in [3.63, 3.8) is 0 Å². The van der Waals surface area contributed by atoms with Gasteiger partial charge >= 0.3 is 0 Å². The Hall–Kier alpha value is 0.140. The van der Waals surface area contributed by atoms with Gasteiger partial charge in [0.1, 0.15) is 0 Å². The van der Waals surface area contributed by atoms with Crippen molar-refractivity contribution in [3.05, 3.63) is 35.4 Å². The fourth-order valence-corrected chi connectivity index (χ4v) is 2.51. The molecule has 2 rings (SSSR count). The van der Waals surface area contributed by atoms with E-state index in [1.807, 2.05) is 0 Å². The molecular formula is C12H15Br2N. The number of alkyl halides is 2. The summed E-state index contributed by atoms with van der Waals surface area (Å²) in [7, 11) is 0. The Labute approximate surface area is 108 Å². The minimum Gasteiger partial charge on any atom is -0.309 e. The van der Waals surface area contributed by atoms with Crippen LogP contribution in [0.5, 0.6) is 0 Å². The van der Waals surface area contributed by atoms with E-state index in [9.17, 15) is 0 Å². The van der Waals surface area contributed by atoms with Gasteiger partial charge in [0, 0.05) is 22.7 Å². The van der Waals surface area contributed by atoms with E-state index in [0.717, 1.165) is 11.9 Å². The molecule has 2 atom stereocenters. The Morgan fingerprint density at radius 2 is 2.20 bits per heavy atom. The molecule has 2 unspecified atom stereocenters. The third-order valence-electron chi connectivity index (χ3n) is 2.89. The largest absolute Gasteiger partial charge is 0.309 e. The van der Waals surface area contributed by atoms with Crippen LogP contribution in [0.3, 0.4) is 0 Å². The van der Waals surface area contributed by atoms with Crippen LogP contribution in [0.25, 0.3) is 0 Å². The molecule has 1 nitrogen and oxygen atoms in total. The number of hydrogen-bond acceptors (Lipinski definition) is 1. The van der Waals surface area contributed by atoms with Crippen molar-refractivity contribution in [3.8, 4) is 0 Å². The van der Waals surface area contributed by atoms with E-state index < -0.39 is 0 Å². The zero-order valence-corrected chi connectivity index (χ0v) is 11.7. The molecule has 1 aliphatic rings. The first-order chi connectivity index (χ1) is 7.31. The fraction of sp³-hybridized carbons (Fsp3) is 0.500. The molecule has 0 saturated carbocycles. The van der Waals surface area contributed by atoms with Crippen LogP contribution in [0.2, 0.25) is 0 Å². The molecule has 0 heterocycles. The van der Waals surface area contributed by atoms with Gasteiger partial charge in [-0.2, -0.15) is 0 Å². The smallest absolute Gasteiger partial charge is 0.0367 e. The summed E-state index contributed by atoms with van der Waals surface area (Å²) in [6.45, 7) is 1.02. The SMILES string of the molecule is BrCC(Br)CNC1CCc2ccccc21. The topological polar surface area (TPSA) is 12.0 Å². The van der Waals surface area contributed by atoms with Crippen molar-refractivity contribution in [2.75, 3.05) is 11.9 Å². The van der Waals surface area contributed by atoms with Crippen molar-refractivity contribution in [1.29, 1.82) is 0 Å². The van der Waals surface area contributed by atoms with Gasteiger partial charge in [-0.05, 0) is 24.0 Å². The first kappa shape index (κ1) is 11.6. The van der Waals surface area contributed by atoms with Crippen LogP contribution in [0, 0.1) is 0 Å². The number of benzene rings is 1. The van der Waals surface area contributed by atoms with Crippen LogP contribution in [-0.4, -0.2) is 16.7 Å². The quantitative estimate of drug-likeness (QED) is 0.833. The molecular weight excluding hydrogens is 318 g/mol. The van der Waals surface area contributed by atoms with Crippen LogP contribution >= 0.6 is 31.9 Å². The lowest BCUT2D eigenvalue weighted by Crippen LogP contribution is -2.27. The molecule has 1 aliphatic carbocycles. The number of rotatable bonds is 4. The summed E-state index contributed by atoms with van der Waals surface area (Å²) < 4.78 is 0. The lowest BCUT2D eigenvalue weighted by Gasteiger charge is -2.15. The Balaban J connectivity index is 1.96. The second-order valence-electron chi connectivity index (χ2n) is 3.95. The van der Waals surface area contributed by atoms with E-state index in [-0.39, 0.29) is 0 Å². The average Bonchev–Trinajstić information content (AvgIpc) is 2.69. The highest BCUT2D eigenvalue weighted by molar-refractivity contribution is 9.12. The van der Waals surface area contributed by atoms with Gasteiger partial charge in [-0.15, -0.1) is 0 Å². The van der Waals surface area contributed by atoms with Gasteiger partial charge in [0.15, 0.2) is 0 Å². The molecule has 82 valence electrons. The predicted octanol–water partition coefficient (Wildman–Crippen LogP) is 3.42. The van der Waals surface area contributed by atoms with Crippen LogP contribution < -0.4 is 5.32 Å². The summed E-state index contributed by atoms with van der Waals surface area (Å²) in [6.07, 6.45) is 2.45. The van der Waals surface area contributed by atoms with Crippen molar-refractivity contribution in [1.82, 2.24) is 5.32 Å². The molecule has 0 spiro atoms. The summed E-state index contributed by atoms with van der Waals surface area (Å²) in [5.41, 5.74) is 3.01. The Bertz CT molecular complexity index is 327. The highest BCUT2D eigenvalue weighted by atomic mass is 79.9. The molecule has 1 N–H and O–H groups in total. The summed E-state index contributed by atoms with van der Waals surface area (Å²) in [5.74, 6) is 0. The standard InChI is InChI=1S/C12H15Br2N/c13-7-10(14)8-15-12-6-5-9-3-1-2-4-11(9)12/h1-4,10,12,15H,5-8H2. The van der Waals surface area contributed by atoms with Crippen LogP contribution in [0.4, 0.5) is 0 Å². The lowest BCUT2D eigenvalue weighted by molar-refractivity contribution is 0.536. The monoisotopic (exact) mass is 331 g/mol. The van der Waals surface area contributed by atoms with E-state index in [1.54, 1.807) is 0 Å². The van der Waals surface area contributed by atoms with Gasteiger partial charge in [0.05, 0.1) is 0 Å². The minimum absolute atomic E-state index is 0.519. The predicted molar refractivity (Wildman–Crippen MR) is 72.0 cm³/mol. The van der Waals surface area contributed by atoms with Gasteiger partial charge in [-0.1, -0.05) is 56.1 Å². The molecule has 15 heavy (non-hydrogen) atoms. The van der Waals surface area contributed by atoms with Gasteiger partial charge < -0.3 is 5.32 Å². The Morgan fingerprint density at radius 3 is 3.00 bits per heavy atom. The van der Waals surface area contributed by atoms with Crippen LogP contribution in [-0.2, 0) is 6.42 Å². The van der Waals surface area contributed by atoms with E-state index in [1.165, 1.54) is 24.0 Å². The molecule has 0 radical (unpaired) electrons. The Kier molecular flexibility index (Phi) is 4.23. The van der Waals surface area contributed by atoms with E-state index >= 15 is 0 Å². The molecule has 0 fully saturated rings. The summed E-state index contributed by atoms with van der Waals surface area (Å²) in [5, 5.41) is 4.61. The third kappa shape index (κ3) is 2.83. The number of hydrogen-bond donors (Lipinski definition) is 1. The maximum Gasteiger partial charge on any atom is 0.0367 e. The number of halogens is 2. The molecule has 0 aliphatic heterocycles. The van der Waals surface area contributed by atoms with Gasteiger partial charge in [-0.25, -0.2) is 0 Å². The first-order valence-electron chi connectivity index (χ1n) is 5.32. The molecule has 0 saturated heterocycles. The van der Waals surface area contributed by atoms with Gasteiger partial charge in [0.25, 0.3) is 0 Å². The summed E-state index contributed by atoms with van der Waals surface area (Å²) >= 11 is 7.08. The summed E-state index contributed by atoms with van der Waals surface area (Å²) in [6, 6.07) is 9.31. The fourth-order valence-electron chi connectivity index (χ4n) is 2.09. The number of fused-ring (bicyclic) bond motifs is 1. The van der Waals surface area contributed by atoms with E-state index in [0.29, 0.717) is 10.9 Å². The van der Waals surface area contributed by atoms with Crippen molar-refractivity contribution >= 4 is 31.9 Å². The Morgan fingerprint density at radius 1 is 1.40 bits per heavy atom. The molecule has 0 amide bonds. The van der Waals surface area contributed by atoms with Gasteiger partial charge in [-0.3, -0.25) is 0 Å². The molecule has 1 aromatic carbocycles. The van der Waals surface area contributed by atoms with E-state index in [2.05, 4.69) is 61.4 Å². The third-order valence-corrected chi connectivity index (χ3v) is 5.18. The van der Waals surface area contributed by atoms with Crippen molar-refractivity contribution in [2.45, 2.75) is 23.7 Å². The highest BCUT2D eigenvalue weighted by Crippen LogP contribution is 2.30. The number of aryl methyl sites for hydroxylation is 1. The van der Waals surface area contributed by atoms with Crippen LogP contribution in [0.1, 0.15) is 23.6 Å². The lowest BCUT2D eigenvalue weighted by atomic mass is 10.1. The molecule has 1 aromatic rings. The van der Waals surface area contributed by atoms with Crippen molar-refractivity contribution in [2.24, 2.45) is 0 Å². The zero-order valence-electron chi connectivity index (χ0n) is 8.55. The first-order valence-corrected chi connectivity index (χ1v) is 7.36. The molecule has 0 bridgehead atoms. The van der Waals surface area contributed by atoms with E-state index in [4.69, 9.17) is 0 Å². The van der Waals surface area contributed by atoms with Crippen molar-refractivity contribution < 1.29 is 0 Å². The zero-order chi connectivity index (χ0) is 10.7. The maximum absolute atomic E-state index is 3.61. The highest BCUT2D eigenvalue weighted by Gasteiger charge is 2.21. The second kappa shape index (κ2) is 5.46. The van der Waals surface area contributed by atoms with Crippen LogP contribution in [0.15, 0.2) is 24.3 Å². The molecule has 3 heteroatoms. The number of nitrogens with one attached hydrogen (secondary N) is 1. The maximum atomic E-state index is 3.61. The average molecular weight is 333 g/mol. The molecule has 0 aromatic heterocycles. The minimum atomic E-state index is 0.519. The second-order valence-corrected chi connectivity index (χ2v) is 5.89.